The smallest absolute Gasteiger partial charge is 0.267 e. The Morgan fingerprint density at radius 2 is 1.94 bits per heavy atom. The van der Waals surface area contributed by atoms with E-state index in [1.165, 1.54) is 33.7 Å². The van der Waals surface area contributed by atoms with Gasteiger partial charge in [0, 0.05) is 42.3 Å². The van der Waals surface area contributed by atoms with Crippen LogP contribution in [0, 0.1) is 0 Å². The summed E-state index contributed by atoms with van der Waals surface area (Å²) in [6.07, 6.45) is 8.10. The van der Waals surface area contributed by atoms with Crippen molar-refractivity contribution in [2.75, 3.05) is 6.54 Å². The van der Waals surface area contributed by atoms with Gasteiger partial charge in [0.25, 0.3) is 5.91 Å². The van der Waals surface area contributed by atoms with Gasteiger partial charge in [0.05, 0.1) is 0 Å². The largest absolute Gasteiger partial charge is 0.508 e. The lowest BCUT2D eigenvalue weighted by Crippen LogP contribution is -2.29. The second-order valence-electron chi connectivity index (χ2n) is 9.07. The van der Waals surface area contributed by atoms with Crippen LogP contribution < -0.4 is 5.48 Å². The number of H-pyrrole nitrogens is 1. The first kappa shape index (κ1) is 22.9. The van der Waals surface area contributed by atoms with Crippen molar-refractivity contribution in [1.29, 1.82) is 0 Å². The first-order valence-corrected chi connectivity index (χ1v) is 11.9. The molecule has 1 aliphatic carbocycles. The van der Waals surface area contributed by atoms with E-state index in [1.807, 2.05) is 18.2 Å². The number of fused-ring (bicyclic) bond motifs is 2. The number of aromatic nitrogens is 1. The molecule has 5 rings (SSSR count). The topological polar surface area (TPSA) is 88.6 Å². The number of aromatic hydroxyl groups is 1. The highest BCUT2D eigenvalue weighted by Crippen LogP contribution is 2.37. The average Bonchev–Trinajstić information content (AvgIpc) is 3.50. The maximum Gasteiger partial charge on any atom is 0.267 e. The Bertz CT molecular complexity index is 1360. The maximum atomic E-state index is 11.3. The number of aromatic amines is 1. The predicted molar refractivity (Wildman–Crippen MR) is 137 cm³/mol. The molecule has 6 heteroatoms. The molecule has 0 spiro atoms. The number of nitrogens with zero attached hydrogens (tertiary/aromatic N) is 1. The van der Waals surface area contributed by atoms with Crippen LogP contribution in [0.5, 0.6) is 5.75 Å². The highest BCUT2D eigenvalue weighted by atomic mass is 16.5. The number of hydroxylamine groups is 1. The molecule has 4 aromatic rings. The molecule has 1 aromatic heterocycles. The molecule has 1 atom stereocenters. The Labute approximate surface area is 204 Å². The molecule has 3 aromatic carbocycles. The van der Waals surface area contributed by atoms with Crippen molar-refractivity contribution in [2.45, 2.75) is 31.8 Å². The van der Waals surface area contributed by atoms with Gasteiger partial charge in [-0.15, -0.1) is 0 Å². The SMILES string of the molecule is O=C(/C=C/c1ccc2c(c1)CC[C@@H]2N(CCc1c[nH]c2ccccc12)Cc1ccc(O)cc1)NO. The van der Waals surface area contributed by atoms with Crippen LogP contribution in [0.25, 0.3) is 17.0 Å². The summed E-state index contributed by atoms with van der Waals surface area (Å²) >= 11 is 0. The number of carbonyl (C=O) groups excluding carboxylic acids is 1. The van der Waals surface area contributed by atoms with Crippen LogP contribution in [0.1, 0.15) is 40.3 Å². The van der Waals surface area contributed by atoms with Crippen molar-refractivity contribution in [1.82, 2.24) is 15.4 Å². The highest BCUT2D eigenvalue weighted by molar-refractivity contribution is 5.90. The second-order valence-corrected chi connectivity index (χ2v) is 9.07. The zero-order valence-corrected chi connectivity index (χ0v) is 19.4. The number of phenolic OH excluding ortho intramolecular Hbond substituents is 1. The quantitative estimate of drug-likeness (QED) is 0.164. The molecule has 0 aliphatic heterocycles. The molecule has 0 radical (unpaired) electrons. The summed E-state index contributed by atoms with van der Waals surface area (Å²) in [4.78, 5) is 17.3. The molecule has 0 unspecified atom stereocenters. The minimum absolute atomic E-state index is 0.278. The summed E-state index contributed by atoms with van der Waals surface area (Å²) < 4.78 is 0. The Hall–Kier alpha value is -3.87. The van der Waals surface area contributed by atoms with Gasteiger partial charge in [-0.05, 0) is 71.4 Å². The fourth-order valence-electron chi connectivity index (χ4n) is 5.09. The number of phenols is 1. The minimum atomic E-state index is -0.541. The van der Waals surface area contributed by atoms with E-state index in [2.05, 4.69) is 52.5 Å². The van der Waals surface area contributed by atoms with Crippen LogP contribution in [0.15, 0.2) is 79.0 Å². The Morgan fingerprint density at radius 3 is 2.77 bits per heavy atom. The van der Waals surface area contributed by atoms with Crippen LogP contribution in [0.2, 0.25) is 0 Å². The van der Waals surface area contributed by atoms with Gasteiger partial charge in [0.2, 0.25) is 0 Å². The molecule has 4 N–H and O–H groups in total. The Balaban J connectivity index is 1.39. The lowest BCUT2D eigenvalue weighted by Gasteiger charge is -2.30. The Kier molecular flexibility index (Phi) is 6.66. The third-order valence-corrected chi connectivity index (χ3v) is 6.86. The molecule has 1 aliphatic rings. The van der Waals surface area contributed by atoms with Gasteiger partial charge >= 0.3 is 0 Å². The fourth-order valence-corrected chi connectivity index (χ4v) is 5.09. The standard InChI is InChI=1S/C29H29N3O3/c33-24-10-5-21(6-11-24)19-32(16-15-23-18-30-27-4-2-1-3-25(23)27)28-13-9-22-17-20(7-12-26(22)28)8-14-29(34)31-35/h1-8,10-12,14,17-18,28,30,33,35H,9,13,15-16,19H2,(H,31,34)/b14-8+/t28-/m0/s1. The summed E-state index contributed by atoms with van der Waals surface area (Å²) in [5.41, 5.74) is 8.83. The number of rotatable bonds is 8. The highest BCUT2D eigenvalue weighted by Gasteiger charge is 2.28. The minimum Gasteiger partial charge on any atom is -0.508 e. The molecule has 178 valence electrons. The summed E-state index contributed by atoms with van der Waals surface area (Å²) in [5, 5.41) is 19.7. The van der Waals surface area contributed by atoms with Gasteiger partial charge in [-0.2, -0.15) is 0 Å². The van der Waals surface area contributed by atoms with E-state index in [9.17, 15) is 9.90 Å². The number of carbonyl (C=O) groups is 1. The first-order chi connectivity index (χ1) is 17.1. The maximum absolute atomic E-state index is 11.3. The van der Waals surface area contributed by atoms with Crippen molar-refractivity contribution in [3.63, 3.8) is 0 Å². The molecule has 6 nitrogen and oxygen atoms in total. The van der Waals surface area contributed by atoms with E-state index >= 15 is 0 Å². The van der Waals surface area contributed by atoms with Crippen LogP contribution >= 0.6 is 0 Å². The number of hydrogen-bond acceptors (Lipinski definition) is 4. The van der Waals surface area contributed by atoms with Crippen molar-refractivity contribution in [3.05, 3.63) is 107 Å². The number of para-hydroxylation sites is 1. The zero-order valence-electron chi connectivity index (χ0n) is 19.4. The van der Waals surface area contributed by atoms with Crippen molar-refractivity contribution >= 4 is 22.9 Å². The van der Waals surface area contributed by atoms with Gasteiger partial charge in [-0.1, -0.05) is 48.5 Å². The van der Waals surface area contributed by atoms with Crippen LogP contribution in [0.3, 0.4) is 0 Å². The van der Waals surface area contributed by atoms with E-state index in [-0.39, 0.29) is 5.75 Å². The van der Waals surface area contributed by atoms with Gasteiger partial charge in [-0.3, -0.25) is 14.9 Å². The molecular formula is C29H29N3O3. The molecule has 0 bridgehead atoms. The fraction of sp³-hybridized carbons (Fsp3) is 0.207. The van der Waals surface area contributed by atoms with E-state index in [1.54, 1.807) is 23.7 Å². The van der Waals surface area contributed by atoms with Gasteiger partial charge in [0.15, 0.2) is 0 Å². The van der Waals surface area contributed by atoms with E-state index < -0.39 is 5.91 Å². The predicted octanol–water partition coefficient (Wildman–Crippen LogP) is 5.12. The van der Waals surface area contributed by atoms with Crippen molar-refractivity contribution in [3.8, 4) is 5.75 Å². The normalized spacial score (nSPS) is 15.2. The zero-order chi connectivity index (χ0) is 24.2. The van der Waals surface area contributed by atoms with Crippen molar-refractivity contribution in [2.24, 2.45) is 0 Å². The third kappa shape index (κ3) is 5.14. The van der Waals surface area contributed by atoms with Gasteiger partial charge in [-0.25, -0.2) is 5.48 Å². The molecular weight excluding hydrogens is 438 g/mol. The summed E-state index contributed by atoms with van der Waals surface area (Å²) in [7, 11) is 0. The van der Waals surface area contributed by atoms with Crippen LogP contribution in [0.4, 0.5) is 0 Å². The summed E-state index contributed by atoms with van der Waals surface area (Å²) in [6, 6.07) is 22.5. The van der Waals surface area contributed by atoms with E-state index in [0.717, 1.165) is 43.4 Å². The van der Waals surface area contributed by atoms with Crippen LogP contribution in [-0.4, -0.2) is 32.6 Å². The van der Waals surface area contributed by atoms with Crippen LogP contribution in [-0.2, 0) is 24.2 Å². The monoisotopic (exact) mass is 467 g/mol. The van der Waals surface area contributed by atoms with E-state index in [4.69, 9.17) is 5.21 Å². The lowest BCUT2D eigenvalue weighted by molar-refractivity contribution is -0.124. The summed E-state index contributed by atoms with van der Waals surface area (Å²) in [6.45, 7) is 1.70. The first-order valence-electron chi connectivity index (χ1n) is 11.9. The number of aryl methyl sites for hydroxylation is 1. The Morgan fingerprint density at radius 1 is 1.11 bits per heavy atom. The number of benzene rings is 3. The van der Waals surface area contributed by atoms with E-state index in [0.29, 0.717) is 6.04 Å². The van der Waals surface area contributed by atoms with Crippen molar-refractivity contribution < 1.29 is 15.1 Å². The molecule has 0 fully saturated rings. The number of hydrogen-bond donors (Lipinski definition) is 4. The lowest BCUT2D eigenvalue weighted by atomic mass is 10.0. The summed E-state index contributed by atoms with van der Waals surface area (Å²) in [5.74, 6) is -0.263. The third-order valence-electron chi connectivity index (χ3n) is 6.86. The molecule has 0 saturated heterocycles. The number of amides is 1. The molecule has 0 saturated carbocycles. The molecule has 35 heavy (non-hydrogen) atoms. The second kappa shape index (κ2) is 10.2. The number of nitrogens with one attached hydrogen (secondary N) is 2. The molecule has 1 heterocycles. The molecule has 1 amide bonds. The van der Waals surface area contributed by atoms with Gasteiger partial charge in [0.1, 0.15) is 5.75 Å². The van der Waals surface area contributed by atoms with Gasteiger partial charge < -0.3 is 10.1 Å². The average molecular weight is 468 g/mol.